The van der Waals surface area contributed by atoms with Crippen LogP contribution in [0.2, 0.25) is 0 Å². The summed E-state index contributed by atoms with van der Waals surface area (Å²) in [6.45, 7) is 4.26. The fourth-order valence-corrected chi connectivity index (χ4v) is 3.25. The van der Waals surface area contributed by atoms with E-state index in [1.165, 1.54) is 33.2 Å². The standard InChI is InChI=1S/C19H25N3O10/c1-9(23)20-15-17(31-12(4)26)16(30-11(3)25)13(8-29-10(2)24)32-18(15)22-7-6-14(28-5)21-19(22)27/h6-7,13,15-18H,8H2,1-5H3,(H,20,23)/t13-,15-,16-,17-,18-/m0/s1. The molecule has 1 aromatic heterocycles. The summed E-state index contributed by atoms with van der Waals surface area (Å²) in [7, 11) is 1.33. The first kappa shape index (κ1) is 24.8. The summed E-state index contributed by atoms with van der Waals surface area (Å²) in [5, 5.41) is 2.57. The molecule has 0 radical (unpaired) electrons. The van der Waals surface area contributed by atoms with E-state index in [-0.39, 0.29) is 12.5 Å². The van der Waals surface area contributed by atoms with E-state index >= 15 is 0 Å². The second-order valence-electron chi connectivity index (χ2n) is 6.90. The number of carbonyl (C=O) groups is 4. The molecule has 0 aromatic carbocycles. The van der Waals surface area contributed by atoms with Crippen molar-refractivity contribution < 1.29 is 42.9 Å². The quantitative estimate of drug-likeness (QED) is 0.400. The smallest absolute Gasteiger partial charge is 0.353 e. The van der Waals surface area contributed by atoms with E-state index in [9.17, 15) is 24.0 Å². The van der Waals surface area contributed by atoms with Crippen molar-refractivity contribution in [3.63, 3.8) is 0 Å². The highest BCUT2D eigenvalue weighted by Gasteiger charge is 2.51. The molecule has 0 unspecified atom stereocenters. The summed E-state index contributed by atoms with van der Waals surface area (Å²) in [6.07, 6.45) is -3.63. The first-order valence-corrected chi connectivity index (χ1v) is 9.57. The monoisotopic (exact) mass is 455 g/mol. The molecule has 1 fully saturated rings. The molecule has 13 heteroatoms. The number of carbonyl (C=O) groups excluding carboxylic acids is 4. The minimum Gasteiger partial charge on any atom is -0.481 e. The van der Waals surface area contributed by atoms with Crippen molar-refractivity contribution in [1.29, 1.82) is 0 Å². The number of methoxy groups -OCH3 is 1. The highest BCUT2D eigenvalue weighted by Crippen LogP contribution is 2.32. The Labute approximate surface area is 182 Å². The number of nitrogens with zero attached hydrogens (tertiary/aromatic N) is 2. The number of hydrogen-bond donors (Lipinski definition) is 1. The topological polar surface area (TPSA) is 161 Å². The van der Waals surface area contributed by atoms with Gasteiger partial charge < -0.3 is 29.0 Å². The SMILES string of the molecule is COc1ccn([C@H]2O[C@@H](COC(C)=O)[C@H](OC(C)=O)[C@@H](OC(C)=O)[C@@H]2NC(C)=O)c(=O)n1. The number of rotatable bonds is 7. The predicted octanol–water partition coefficient (Wildman–Crippen LogP) is -0.919. The molecule has 176 valence electrons. The number of amides is 1. The van der Waals surface area contributed by atoms with Gasteiger partial charge in [-0.2, -0.15) is 4.98 Å². The second-order valence-corrected chi connectivity index (χ2v) is 6.90. The first-order chi connectivity index (χ1) is 15.0. The number of hydrogen-bond acceptors (Lipinski definition) is 11. The van der Waals surface area contributed by atoms with Gasteiger partial charge in [-0.25, -0.2) is 4.79 Å². The van der Waals surface area contributed by atoms with Crippen LogP contribution in [0.25, 0.3) is 0 Å². The van der Waals surface area contributed by atoms with Crippen molar-refractivity contribution in [2.75, 3.05) is 13.7 Å². The summed E-state index contributed by atoms with van der Waals surface area (Å²) in [5.74, 6) is -2.59. The molecule has 2 rings (SSSR count). The maximum atomic E-state index is 12.6. The van der Waals surface area contributed by atoms with Crippen molar-refractivity contribution >= 4 is 23.8 Å². The van der Waals surface area contributed by atoms with Crippen LogP contribution in [0.4, 0.5) is 0 Å². The zero-order chi connectivity index (χ0) is 24.0. The van der Waals surface area contributed by atoms with E-state index in [4.69, 9.17) is 23.7 Å². The maximum absolute atomic E-state index is 12.6. The molecular weight excluding hydrogens is 430 g/mol. The lowest BCUT2D eigenvalue weighted by atomic mass is 9.95. The van der Waals surface area contributed by atoms with Crippen molar-refractivity contribution in [3.05, 3.63) is 22.7 Å². The van der Waals surface area contributed by atoms with Crippen LogP contribution in [-0.4, -0.2) is 71.4 Å². The molecule has 2 heterocycles. The summed E-state index contributed by atoms with van der Waals surface area (Å²) in [6, 6.07) is 0.220. The highest BCUT2D eigenvalue weighted by atomic mass is 16.6. The molecule has 0 saturated carbocycles. The molecule has 1 N–H and O–H groups in total. The van der Waals surface area contributed by atoms with E-state index < -0.39 is 60.1 Å². The third kappa shape index (κ3) is 6.26. The molecule has 5 atom stereocenters. The molecule has 0 aliphatic carbocycles. The van der Waals surface area contributed by atoms with E-state index in [1.54, 1.807) is 0 Å². The Hall–Kier alpha value is -3.48. The van der Waals surface area contributed by atoms with Crippen molar-refractivity contribution in [3.8, 4) is 5.88 Å². The zero-order valence-corrected chi connectivity index (χ0v) is 18.2. The zero-order valence-electron chi connectivity index (χ0n) is 18.2. The van der Waals surface area contributed by atoms with Crippen LogP contribution in [0.5, 0.6) is 5.88 Å². The third-order valence-electron chi connectivity index (χ3n) is 4.38. The summed E-state index contributed by atoms with van der Waals surface area (Å²) < 4.78 is 27.6. The lowest BCUT2D eigenvalue weighted by Crippen LogP contribution is -2.65. The van der Waals surface area contributed by atoms with Gasteiger partial charge in [0.2, 0.25) is 11.8 Å². The summed E-state index contributed by atoms with van der Waals surface area (Å²) in [5.41, 5.74) is -0.788. The fourth-order valence-electron chi connectivity index (χ4n) is 3.25. The second kappa shape index (κ2) is 10.7. The molecule has 1 saturated heterocycles. The van der Waals surface area contributed by atoms with Crippen LogP contribution < -0.4 is 15.7 Å². The largest absolute Gasteiger partial charge is 0.481 e. The average Bonchev–Trinajstić information content (AvgIpc) is 2.68. The van der Waals surface area contributed by atoms with Gasteiger partial charge in [-0.1, -0.05) is 0 Å². The lowest BCUT2D eigenvalue weighted by Gasteiger charge is -2.45. The van der Waals surface area contributed by atoms with Crippen LogP contribution in [0.3, 0.4) is 0 Å². The van der Waals surface area contributed by atoms with Gasteiger partial charge in [-0.3, -0.25) is 23.7 Å². The van der Waals surface area contributed by atoms with Crippen molar-refractivity contribution in [1.82, 2.24) is 14.9 Å². The summed E-state index contributed by atoms with van der Waals surface area (Å²) >= 11 is 0. The van der Waals surface area contributed by atoms with E-state index in [2.05, 4.69) is 10.3 Å². The molecular formula is C19H25N3O10. The van der Waals surface area contributed by atoms with E-state index in [1.807, 2.05) is 0 Å². The third-order valence-corrected chi connectivity index (χ3v) is 4.38. The highest BCUT2D eigenvalue weighted by molar-refractivity contribution is 5.73. The minimum absolute atomic E-state index is 0.0453. The van der Waals surface area contributed by atoms with Gasteiger partial charge >= 0.3 is 23.6 Å². The minimum atomic E-state index is -1.28. The van der Waals surface area contributed by atoms with Crippen LogP contribution in [0, 0.1) is 0 Å². The molecule has 32 heavy (non-hydrogen) atoms. The Kier molecular flexibility index (Phi) is 8.29. The molecule has 0 spiro atoms. The van der Waals surface area contributed by atoms with Gasteiger partial charge in [0.15, 0.2) is 18.4 Å². The predicted molar refractivity (Wildman–Crippen MR) is 104 cm³/mol. The van der Waals surface area contributed by atoms with Gasteiger partial charge in [-0.15, -0.1) is 0 Å². The Balaban J connectivity index is 2.59. The van der Waals surface area contributed by atoms with E-state index in [0.29, 0.717) is 0 Å². The van der Waals surface area contributed by atoms with Gasteiger partial charge in [0.25, 0.3) is 0 Å². The van der Waals surface area contributed by atoms with Gasteiger partial charge in [0.1, 0.15) is 18.8 Å². The van der Waals surface area contributed by atoms with Crippen molar-refractivity contribution in [2.24, 2.45) is 0 Å². The Morgan fingerprint density at radius 3 is 2.19 bits per heavy atom. The molecule has 1 aliphatic rings. The lowest BCUT2D eigenvalue weighted by molar-refractivity contribution is -0.238. The van der Waals surface area contributed by atoms with Crippen LogP contribution in [0.1, 0.15) is 33.9 Å². The molecule has 1 aliphatic heterocycles. The number of aromatic nitrogens is 2. The van der Waals surface area contributed by atoms with Crippen LogP contribution in [-0.2, 0) is 38.1 Å². The Morgan fingerprint density at radius 2 is 1.69 bits per heavy atom. The average molecular weight is 455 g/mol. The van der Waals surface area contributed by atoms with E-state index in [0.717, 1.165) is 18.4 Å². The maximum Gasteiger partial charge on any atom is 0.353 e. The van der Waals surface area contributed by atoms with Crippen LogP contribution in [0.15, 0.2) is 17.1 Å². The Bertz CT molecular complexity index is 930. The molecule has 1 amide bonds. The normalized spacial score (nSPS) is 24.7. The van der Waals surface area contributed by atoms with Crippen molar-refractivity contribution in [2.45, 2.75) is 58.3 Å². The van der Waals surface area contributed by atoms with Gasteiger partial charge in [-0.05, 0) is 0 Å². The molecule has 1 aromatic rings. The Morgan fingerprint density at radius 1 is 1.06 bits per heavy atom. The fraction of sp³-hybridized carbons (Fsp3) is 0.579. The number of esters is 3. The summed E-state index contributed by atoms with van der Waals surface area (Å²) in [4.78, 5) is 63.2. The number of nitrogens with one attached hydrogen (secondary N) is 1. The van der Waals surface area contributed by atoms with Crippen LogP contribution >= 0.6 is 0 Å². The first-order valence-electron chi connectivity index (χ1n) is 9.57. The van der Waals surface area contributed by atoms with Gasteiger partial charge in [0.05, 0.1) is 7.11 Å². The number of ether oxygens (including phenoxy) is 5. The van der Waals surface area contributed by atoms with Gasteiger partial charge in [0, 0.05) is 40.0 Å². The molecule has 0 bridgehead atoms. The molecule has 13 nitrogen and oxygen atoms in total.